The molecule has 0 aliphatic rings. The van der Waals surface area contributed by atoms with Crippen molar-refractivity contribution >= 4 is 29.0 Å². The quantitative estimate of drug-likeness (QED) is 0.719. The number of Topliss-reactive ketones (excluding diaryl/α,β-unsaturated/α-hetero) is 1. The Labute approximate surface area is 130 Å². The van der Waals surface area contributed by atoms with Crippen LogP contribution >= 0.6 is 23.2 Å². The molecule has 21 heavy (non-hydrogen) atoms. The van der Waals surface area contributed by atoms with Crippen LogP contribution in [-0.4, -0.2) is 12.4 Å². The number of ketones is 1. The summed E-state index contributed by atoms with van der Waals surface area (Å²) in [6.45, 7) is -3.00. The number of carbonyl (C=O) groups is 1. The Morgan fingerprint density at radius 1 is 1.05 bits per heavy atom. The van der Waals surface area contributed by atoms with E-state index in [1.807, 2.05) is 0 Å². The summed E-state index contributed by atoms with van der Waals surface area (Å²) in [6.07, 6.45) is -0.0951. The van der Waals surface area contributed by atoms with E-state index >= 15 is 0 Å². The van der Waals surface area contributed by atoms with Gasteiger partial charge in [-0.1, -0.05) is 41.4 Å². The topological polar surface area (TPSA) is 26.3 Å². The summed E-state index contributed by atoms with van der Waals surface area (Å²) in [5, 5.41) is 0.700. The average Bonchev–Trinajstić information content (AvgIpc) is 2.43. The van der Waals surface area contributed by atoms with Gasteiger partial charge >= 0.3 is 6.61 Å². The summed E-state index contributed by atoms with van der Waals surface area (Å²) in [5.41, 5.74) is 0.520. The lowest BCUT2D eigenvalue weighted by molar-refractivity contribution is -0.0501. The first-order valence-electron chi connectivity index (χ1n) is 5.99. The van der Waals surface area contributed by atoms with Crippen molar-refractivity contribution in [3.8, 4) is 5.75 Å². The molecule has 6 heteroatoms. The second-order valence-corrected chi connectivity index (χ2v) is 4.99. The van der Waals surface area contributed by atoms with E-state index < -0.39 is 12.4 Å². The molecule has 0 aliphatic carbocycles. The molecule has 0 aliphatic heterocycles. The molecule has 2 nitrogen and oxygen atoms in total. The van der Waals surface area contributed by atoms with Gasteiger partial charge in [-0.15, -0.1) is 0 Å². The Balaban J connectivity index is 2.29. The molecule has 0 amide bonds. The van der Waals surface area contributed by atoms with Crippen LogP contribution in [0.4, 0.5) is 8.78 Å². The number of para-hydroxylation sites is 1. The van der Waals surface area contributed by atoms with Crippen LogP contribution in [0.2, 0.25) is 10.0 Å². The minimum Gasteiger partial charge on any atom is -0.434 e. The molecular weight excluding hydrogens is 321 g/mol. The van der Waals surface area contributed by atoms with Crippen LogP contribution in [0.3, 0.4) is 0 Å². The van der Waals surface area contributed by atoms with Gasteiger partial charge in [0, 0.05) is 16.5 Å². The van der Waals surface area contributed by atoms with E-state index in [0.717, 1.165) is 0 Å². The van der Waals surface area contributed by atoms with E-state index in [9.17, 15) is 13.6 Å². The van der Waals surface area contributed by atoms with E-state index in [-0.39, 0.29) is 17.7 Å². The first kappa shape index (κ1) is 15.7. The molecular formula is C15H10Cl2F2O2. The minimum atomic E-state index is -3.00. The lowest BCUT2D eigenvalue weighted by atomic mass is 10.0. The Kier molecular flexibility index (Phi) is 5.15. The van der Waals surface area contributed by atoms with Crippen molar-refractivity contribution in [3.05, 3.63) is 63.6 Å². The van der Waals surface area contributed by atoms with Gasteiger partial charge in [0.15, 0.2) is 5.78 Å². The van der Waals surface area contributed by atoms with Gasteiger partial charge in [0.25, 0.3) is 0 Å². The van der Waals surface area contributed by atoms with Gasteiger partial charge in [0.2, 0.25) is 0 Å². The number of rotatable bonds is 5. The highest BCUT2D eigenvalue weighted by Crippen LogP contribution is 2.28. The van der Waals surface area contributed by atoms with Gasteiger partial charge in [-0.3, -0.25) is 4.79 Å². The monoisotopic (exact) mass is 330 g/mol. The lowest BCUT2D eigenvalue weighted by Crippen LogP contribution is -2.10. The number of ether oxygens (including phenoxy) is 1. The third-order valence-corrected chi connectivity index (χ3v) is 3.51. The van der Waals surface area contributed by atoms with Crippen LogP contribution in [-0.2, 0) is 6.42 Å². The zero-order chi connectivity index (χ0) is 15.4. The van der Waals surface area contributed by atoms with Crippen molar-refractivity contribution in [1.29, 1.82) is 0 Å². The highest BCUT2D eigenvalue weighted by Gasteiger charge is 2.18. The Hall–Kier alpha value is -1.65. The van der Waals surface area contributed by atoms with Crippen LogP contribution < -0.4 is 4.74 Å². The molecule has 110 valence electrons. The van der Waals surface area contributed by atoms with Gasteiger partial charge in [-0.05, 0) is 29.8 Å². The fraction of sp³-hybridized carbons (Fsp3) is 0.133. The summed E-state index contributed by atoms with van der Waals surface area (Å²) in [7, 11) is 0. The zero-order valence-electron chi connectivity index (χ0n) is 10.7. The number of halogens is 4. The van der Waals surface area contributed by atoms with Crippen LogP contribution in [0.15, 0.2) is 42.5 Å². The van der Waals surface area contributed by atoms with Gasteiger partial charge in [0.1, 0.15) is 5.75 Å². The number of hydrogen-bond donors (Lipinski definition) is 0. The summed E-state index contributed by atoms with van der Waals surface area (Å²) in [4.78, 5) is 12.3. The second kappa shape index (κ2) is 6.87. The molecule has 2 aromatic rings. The number of carbonyl (C=O) groups excluding carboxylic acids is 1. The maximum absolute atomic E-state index is 12.3. The summed E-state index contributed by atoms with van der Waals surface area (Å²) in [6, 6.07) is 10.7. The lowest BCUT2D eigenvalue weighted by Gasteiger charge is -2.11. The average molecular weight is 331 g/mol. The molecule has 0 spiro atoms. The molecule has 0 unspecified atom stereocenters. The molecule has 0 heterocycles. The first-order valence-corrected chi connectivity index (χ1v) is 6.74. The molecule has 0 fully saturated rings. The van der Waals surface area contributed by atoms with Crippen molar-refractivity contribution < 1.29 is 18.3 Å². The standard InChI is InChI=1S/C15H10Cl2F2O2/c16-11-5-3-6-12(17)10(11)8-13(20)9-4-1-2-7-14(9)21-15(18)19/h1-7,15H,8H2. The number of alkyl halides is 2. The van der Waals surface area contributed by atoms with Gasteiger partial charge in [-0.2, -0.15) is 8.78 Å². The Morgan fingerprint density at radius 3 is 2.29 bits per heavy atom. The van der Waals surface area contributed by atoms with E-state index in [4.69, 9.17) is 23.2 Å². The van der Waals surface area contributed by atoms with E-state index in [1.165, 1.54) is 18.2 Å². The second-order valence-electron chi connectivity index (χ2n) is 4.17. The minimum absolute atomic E-state index is 0.0637. The molecule has 0 radical (unpaired) electrons. The van der Waals surface area contributed by atoms with E-state index in [0.29, 0.717) is 15.6 Å². The Bertz CT molecular complexity index is 640. The highest BCUT2D eigenvalue weighted by atomic mass is 35.5. The van der Waals surface area contributed by atoms with Crippen LogP contribution in [0.5, 0.6) is 5.75 Å². The smallest absolute Gasteiger partial charge is 0.387 e. The normalized spacial score (nSPS) is 10.7. The Morgan fingerprint density at radius 2 is 1.67 bits per heavy atom. The van der Waals surface area contributed by atoms with Gasteiger partial charge in [-0.25, -0.2) is 0 Å². The maximum Gasteiger partial charge on any atom is 0.387 e. The van der Waals surface area contributed by atoms with Crippen molar-refractivity contribution in [2.75, 3.05) is 0 Å². The molecule has 0 atom stereocenters. The molecule has 0 bridgehead atoms. The van der Waals surface area contributed by atoms with Crippen LogP contribution in [0.1, 0.15) is 15.9 Å². The molecule has 2 rings (SSSR count). The number of benzene rings is 2. The van der Waals surface area contributed by atoms with Gasteiger partial charge < -0.3 is 4.74 Å². The van der Waals surface area contributed by atoms with Crippen LogP contribution in [0, 0.1) is 0 Å². The van der Waals surface area contributed by atoms with Crippen molar-refractivity contribution in [2.24, 2.45) is 0 Å². The molecule has 0 saturated heterocycles. The third kappa shape index (κ3) is 3.93. The summed E-state index contributed by atoms with van der Waals surface area (Å²) in [5.74, 6) is -0.568. The molecule has 2 aromatic carbocycles. The number of hydrogen-bond acceptors (Lipinski definition) is 2. The summed E-state index contributed by atoms with van der Waals surface area (Å²) < 4.78 is 29.0. The maximum atomic E-state index is 12.3. The fourth-order valence-electron chi connectivity index (χ4n) is 1.85. The SMILES string of the molecule is O=C(Cc1c(Cl)cccc1Cl)c1ccccc1OC(F)F. The zero-order valence-corrected chi connectivity index (χ0v) is 12.2. The van der Waals surface area contributed by atoms with Gasteiger partial charge in [0.05, 0.1) is 5.56 Å². The van der Waals surface area contributed by atoms with Crippen molar-refractivity contribution in [2.45, 2.75) is 13.0 Å². The summed E-state index contributed by atoms with van der Waals surface area (Å²) >= 11 is 12.0. The predicted molar refractivity (Wildman–Crippen MR) is 77.6 cm³/mol. The predicted octanol–water partition coefficient (Wildman–Crippen LogP) is 5.02. The molecule has 0 aromatic heterocycles. The van der Waals surface area contributed by atoms with Crippen molar-refractivity contribution in [3.63, 3.8) is 0 Å². The van der Waals surface area contributed by atoms with E-state index in [1.54, 1.807) is 24.3 Å². The molecule has 0 N–H and O–H groups in total. The fourth-order valence-corrected chi connectivity index (χ4v) is 2.38. The largest absolute Gasteiger partial charge is 0.434 e. The highest BCUT2D eigenvalue weighted by molar-refractivity contribution is 6.36. The third-order valence-electron chi connectivity index (χ3n) is 2.80. The van der Waals surface area contributed by atoms with Crippen LogP contribution in [0.25, 0.3) is 0 Å². The van der Waals surface area contributed by atoms with Crippen molar-refractivity contribution in [1.82, 2.24) is 0 Å². The van der Waals surface area contributed by atoms with E-state index in [2.05, 4.69) is 4.74 Å². The molecule has 0 saturated carbocycles. The first-order chi connectivity index (χ1) is 9.99.